The summed E-state index contributed by atoms with van der Waals surface area (Å²) in [5.41, 5.74) is 1.09. The summed E-state index contributed by atoms with van der Waals surface area (Å²) in [6.07, 6.45) is 3.57. The third kappa shape index (κ3) is 0.691. The third-order valence-electron chi connectivity index (χ3n) is 1.82. The summed E-state index contributed by atoms with van der Waals surface area (Å²) < 4.78 is 12.8. The lowest BCUT2D eigenvalue weighted by Crippen LogP contribution is -1.99. The Bertz CT molecular complexity index is 353. The van der Waals surface area contributed by atoms with Gasteiger partial charge in [0.15, 0.2) is 5.75 Å². The molecule has 0 bridgehead atoms. The van der Waals surface area contributed by atoms with E-state index < -0.39 is 8.53 Å². The molecule has 0 radical (unpaired) electrons. The van der Waals surface area contributed by atoms with Gasteiger partial charge in [0.1, 0.15) is 6.26 Å². The lowest BCUT2D eigenvalue weighted by Gasteiger charge is -2.08. The first-order valence-electron chi connectivity index (χ1n) is 3.65. The Balaban J connectivity index is 2.14. The molecule has 1 aromatic carbocycles. The highest BCUT2D eigenvalue weighted by Crippen LogP contribution is 2.59. The maximum Gasteiger partial charge on any atom is 0.421 e. The van der Waals surface area contributed by atoms with E-state index in [0.29, 0.717) is 0 Å². The van der Waals surface area contributed by atoms with Crippen LogP contribution in [-0.4, -0.2) is 0 Å². The van der Waals surface area contributed by atoms with Crippen molar-refractivity contribution in [2.75, 3.05) is 4.67 Å². The monoisotopic (exact) mass is 179 g/mol. The molecule has 0 saturated heterocycles. The van der Waals surface area contributed by atoms with Crippen molar-refractivity contribution >= 4 is 14.2 Å². The molecule has 0 spiro atoms. The van der Waals surface area contributed by atoms with E-state index in [2.05, 4.69) is 0 Å². The fraction of sp³-hybridized carbons (Fsp3) is 0. The zero-order chi connectivity index (χ0) is 7.97. The fourth-order valence-electron chi connectivity index (χ4n) is 1.28. The Morgan fingerprint density at radius 3 is 3.17 bits per heavy atom. The van der Waals surface area contributed by atoms with Crippen LogP contribution in [0.1, 0.15) is 0 Å². The molecule has 1 unspecified atom stereocenters. The summed E-state index contributed by atoms with van der Waals surface area (Å²) in [6.45, 7) is 0. The summed E-state index contributed by atoms with van der Waals surface area (Å²) in [4.78, 5) is 0. The average molecular weight is 179 g/mol. The van der Waals surface area contributed by atoms with Crippen LogP contribution >= 0.6 is 8.53 Å². The highest BCUT2D eigenvalue weighted by molar-refractivity contribution is 7.50. The SMILES string of the molecule is C1=CN2c3ccccc3OP2O1. The molecule has 0 saturated carbocycles. The smallest absolute Gasteiger partial charge is 0.421 e. The minimum Gasteiger partial charge on any atom is -0.429 e. The van der Waals surface area contributed by atoms with Crippen molar-refractivity contribution in [2.24, 2.45) is 0 Å². The first-order chi connectivity index (χ1) is 5.95. The van der Waals surface area contributed by atoms with Crippen LogP contribution in [0.25, 0.3) is 0 Å². The van der Waals surface area contributed by atoms with Crippen LogP contribution in [0.2, 0.25) is 0 Å². The van der Waals surface area contributed by atoms with Crippen molar-refractivity contribution in [3.05, 3.63) is 36.7 Å². The molecule has 0 aromatic heterocycles. The summed E-state index contributed by atoms with van der Waals surface area (Å²) in [6, 6.07) is 7.93. The van der Waals surface area contributed by atoms with Crippen LogP contribution in [0.4, 0.5) is 5.69 Å². The van der Waals surface area contributed by atoms with E-state index in [4.69, 9.17) is 9.05 Å². The molecule has 12 heavy (non-hydrogen) atoms. The fourth-order valence-corrected chi connectivity index (χ4v) is 2.50. The molecule has 1 atom stereocenters. The Kier molecular flexibility index (Phi) is 1.13. The van der Waals surface area contributed by atoms with Gasteiger partial charge >= 0.3 is 8.53 Å². The first kappa shape index (κ1) is 6.32. The van der Waals surface area contributed by atoms with Gasteiger partial charge in [0.05, 0.1) is 5.69 Å². The molecule has 3 nitrogen and oxygen atoms in total. The molecule has 2 aliphatic rings. The lowest BCUT2D eigenvalue weighted by atomic mass is 10.3. The molecule has 0 amide bonds. The zero-order valence-electron chi connectivity index (χ0n) is 6.18. The highest BCUT2D eigenvalue weighted by atomic mass is 31.2. The van der Waals surface area contributed by atoms with E-state index in [9.17, 15) is 0 Å². The van der Waals surface area contributed by atoms with E-state index in [0.717, 1.165) is 11.4 Å². The Hall–Kier alpha value is -1.21. The first-order valence-corrected chi connectivity index (χ1v) is 4.78. The molecule has 2 heterocycles. The number of rotatable bonds is 0. The zero-order valence-corrected chi connectivity index (χ0v) is 7.07. The van der Waals surface area contributed by atoms with Gasteiger partial charge in [0.2, 0.25) is 0 Å². The predicted octanol–water partition coefficient (Wildman–Crippen LogP) is 2.61. The number of anilines is 1. The van der Waals surface area contributed by atoms with Gasteiger partial charge in [-0.25, -0.2) is 0 Å². The largest absolute Gasteiger partial charge is 0.429 e. The van der Waals surface area contributed by atoms with E-state index in [1.54, 1.807) is 6.26 Å². The van der Waals surface area contributed by atoms with Crippen molar-refractivity contribution in [3.8, 4) is 5.75 Å². The second-order valence-corrected chi connectivity index (χ2v) is 3.83. The number of benzene rings is 1. The van der Waals surface area contributed by atoms with Gasteiger partial charge in [-0.3, -0.25) is 4.67 Å². The second kappa shape index (κ2) is 2.14. The van der Waals surface area contributed by atoms with Gasteiger partial charge in [-0.05, 0) is 12.1 Å². The number of hydrogen-bond donors (Lipinski definition) is 0. The highest BCUT2D eigenvalue weighted by Gasteiger charge is 2.35. The molecule has 4 heteroatoms. The van der Waals surface area contributed by atoms with Gasteiger partial charge in [-0.2, -0.15) is 0 Å². The molecule has 0 aliphatic carbocycles. The summed E-state index contributed by atoms with van der Waals surface area (Å²) in [5, 5.41) is 0. The van der Waals surface area contributed by atoms with Crippen molar-refractivity contribution in [1.82, 2.24) is 0 Å². The summed E-state index contributed by atoms with van der Waals surface area (Å²) >= 11 is 0. The van der Waals surface area contributed by atoms with E-state index in [1.807, 2.05) is 35.1 Å². The molecular formula is C8H6NO2P. The molecule has 1 aromatic rings. The van der Waals surface area contributed by atoms with Crippen LogP contribution in [0, 0.1) is 0 Å². The summed E-state index contributed by atoms with van der Waals surface area (Å²) in [5.74, 6) is 0.910. The normalized spacial score (nSPS) is 23.0. The number of hydrogen-bond acceptors (Lipinski definition) is 3. The standard InChI is InChI=1S/C8H6NO2P/c1-2-4-8-7(3-1)9-5-6-10-12(9)11-8/h1-6H. The third-order valence-corrected chi connectivity index (χ3v) is 3.17. The minimum atomic E-state index is -0.898. The molecule has 3 rings (SSSR count). The van der Waals surface area contributed by atoms with E-state index in [1.165, 1.54) is 0 Å². The van der Waals surface area contributed by atoms with E-state index in [-0.39, 0.29) is 0 Å². The van der Waals surface area contributed by atoms with Gasteiger partial charge in [0, 0.05) is 6.20 Å². The molecule has 60 valence electrons. The van der Waals surface area contributed by atoms with Crippen molar-refractivity contribution in [1.29, 1.82) is 0 Å². The van der Waals surface area contributed by atoms with Gasteiger partial charge in [0.25, 0.3) is 0 Å². The molecular weight excluding hydrogens is 173 g/mol. The maximum atomic E-state index is 5.54. The number of para-hydroxylation sites is 2. The summed E-state index contributed by atoms with van der Waals surface area (Å²) in [7, 11) is -0.898. The van der Waals surface area contributed by atoms with Crippen LogP contribution in [-0.2, 0) is 4.52 Å². The topological polar surface area (TPSA) is 21.7 Å². The van der Waals surface area contributed by atoms with Crippen LogP contribution < -0.4 is 9.19 Å². The Labute approximate surface area is 71.2 Å². The van der Waals surface area contributed by atoms with Gasteiger partial charge in [-0.1, -0.05) is 12.1 Å². The second-order valence-electron chi connectivity index (χ2n) is 2.53. The number of nitrogens with zero attached hydrogens (tertiary/aromatic N) is 1. The van der Waals surface area contributed by atoms with Crippen molar-refractivity contribution in [2.45, 2.75) is 0 Å². The molecule has 0 N–H and O–H groups in total. The van der Waals surface area contributed by atoms with Crippen molar-refractivity contribution < 1.29 is 9.05 Å². The van der Waals surface area contributed by atoms with Crippen LogP contribution in [0.5, 0.6) is 5.75 Å². The quantitative estimate of drug-likeness (QED) is 0.571. The minimum absolute atomic E-state index is 0.898. The van der Waals surface area contributed by atoms with Gasteiger partial charge in [-0.15, -0.1) is 0 Å². The maximum absolute atomic E-state index is 5.54. The van der Waals surface area contributed by atoms with E-state index >= 15 is 0 Å². The molecule has 2 aliphatic heterocycles. The lowest BCUT2D eigenvalue weighted by molar-refractivity contribution is 0.466. The van der Waals surface area contributed by atoms with Crippen LogP contribution in [0.15, 0.2) is 36.7 Å². The molecule has 0 fully saturated rings. The Morgan fingerprint density at radius 2 is 2.17 bits per heavy atom. The van der Waals surface area contributed by atoms with Crippen LogP contribution in [0.3, 0.4) is 0 Å². The van der Waals surface area contributed by atoms with Crippen molar-refractivity contribution in [3.63, 3.8) is 0 Å². The van der Waals surface area contributed by atoms with Gasteiger partial charge < -0.3 is 9.05 Å². The average Bonchev–Trinajstić information content (AvgIpc) is 2.62. The predicted molar refractivity (Wildman–Crippen MR) is 46.7 cm³/mol. The Morgan fingerprint density at radius 1 is 1.25 bits per heavy atom. The number of fused-ring (bicyclic) bond motifs is 3.